The Morgan fingerprint density at radius 3 is 2.69 bits per heavy atom. The van der Waals surface area contributed by atoms with Crippen LogP contribution < -0.4 is 15.0 Å². The molecule has 1 aliphatic rings. The third-order valence-corrected chi connectivity index (χ3v) is 6.09. The van der Waals surface area contributed by atoms with Crippen LogP contribution in [0.3, 0.4) is 0 Å². The molecule has 1 fully saturated rings. The van der Waals surface area contributed by atoms with Gasteiger partial charge in [-0.2, -0.15) is 0 Å². The number of nitro groups is 1. The van der Waals surface area contributed by atoms with Crippen LogP contribution in [-0.4, -0.2) is 36.0 Å². The molecule has 0 saturated carbocycles. The number of nitrogens with one attached hydrogen (secondary N) is 1. The highest BCUT2D eigenvalue weighted by Gasteiger charge is 2.23. The number of fused-ring (bicyclic) bond motifs is 1. The topological polar surface area (TPSA) is 111 Å². The van der Waals surface area contributed by atoms with Crippen molar-refractivity contribution in [2.45, 2.75) is 19.3 Å². The Bertz CT molecular complexity index is 1410. The van der Waals surface area contributed by atoms with Gasteiger partial charge in [0.1, 0.15) is 17.0 Å². The van der Waals surface area contributed by atoms with Gasteiger partial charge in [-0.05, 0) is 67.8 Å². The molecule has 1 amide bonds. The molecule has 9 nitrogen and oxygen atoms in total. The second-order valence-corrected chi connectivity index (χ2v) is 8.40. The standard InChI is InChI=1S/C26H24N4O5/c1-34-20-7-5-6-18(14-20)26-28-21-16-19(9-11-24(21)35-26)27-25(31)17-8-10-22(23(15-17)30(32)33)29-12-3-2-4-13-29/h5-11,14-16H,2-4,12-13H2,1H3,(H,27,31). The SMILES string of the molecule is COc1cccc(-c2nc3cc(NC(=O)c4ccc(N5CCCCC5)c([N+](=O)[O-])c4)ccc3o2)c1. The number of rotatable bonds is 6. The van der Waals surface area contributed by atoms with Crippen molar-refractivity contribution >= 4 is 34.1 Å². The fourth-order valence-electron chi connectivity index (χ4n) is 4.30. The summed E-state index contributed by atoms with van der Waals surface area (Å²) in [6.45, 7) is 1.56. The van der Waals surface area contributed by atoms with Gasteiger partial charge in [0.15, 0.2) is 5.58 Å². The molecule has 0 radical (unpaired) electrons. The molecule has 5 rings (SSSR count). The predicted octanol–water partition coefficient (Wildman–Crippen LogP) is 5.65. The van der Waals surface area contributed by atoms with Crippen molar-refractivity contribution in [3.63, 3.8) is 0 Å². The largest absolute Gasteiger partial charge is 0.497 e. The number of piperidine rings is 1. The third-order valence-electron chi connectivity index (χ3n) is 6.09. The van der Waals surface area contributed by atoms with Gasteiger partial charge in [0.05, 0.1) is 12.0 Å². The zero-order valence-electron chi connectivity index (χ0n) is 19.2. The Labute approximate surface area is 201 Å². The summed E-state index contributed by atoms with van der Waals surface area (Å²) in [5.74, 6) is 0.693. The molecule has 178 valence electrons. The average Bonchev–Trinajstić information content (AvgIpc) is 3.32. The summed E-state index contributed by atoms with van der Waals surface area (Å²) < 4.78 is 11.1. The minimum Gasteiger partial charge on any atom is -0.497 e. The first-order valence-electron chi connectivity index (χ1n) is 11.4. The quantitative estimate of drug-likeness (QED) is 0.285. The lowest BCUT2D eigenvalue weighted by Crippen LogP contribution is -2.30. The first kappa shape index (κ1) is 22.4. The van der Waals surface area contributed by atoms with E-state index in [-0.39, 0.29) is 11.3 Å². The number of ether oxygens (including phenoxy) is 1. The van der Waals surface area contributed by atoms with E-state index >= 15 is 0 Å². The third kappa shape index (κ3) is 4.65. The van der Waals surface area contributed by atoms with Gasteiger partial charge in [-0.3, -0.25) is 14.9 Å². The zero-order valence-corrected chi connectivity index (χ0v) is 19.2. The number of benzene rings is 3. The van der Waals surface area contributed by atoms with Crippen molar-refractivity contribution in [3.8, 4) is 17.2 Å². The molecular formula is C26H24N4O5. The predicted molar refractivity (Wildman–Crippen MR) is 133 cm³/mol. The van der Waals surface area contributed by atoms with Gasteiger partial charge in [-0.25, -0.2) is 4.98 Å². The first-order valence-corrected chi connectivity index (χ1v) is 11.4. The highest BCUT2D eigenvalue weighted by molar-refractivity contribution is 6.05. The van der Waals surface area contributed by atoms with E-state index in [2.05, 4.69) is 10.3 Å². The van der Waals surface area contributed by atoms with Crippen molar-refractivity contribution in [3.05, 3.63) is 76.3 Å². The Hall–Kier alpha value is -4.40. The summed E-state index contributed by atoms with van der Waals surface area (Å²) in [7, 11) is 1.59. The molecule has 0 unspecified atom stereocenters. The van der Waals surface area contributed by atoms with E-state index in [0.29, 0.717) is 34.1 Å². The van der Waals surface area contributed by atoms with Crippen LogP contribution in [0.15, 0.2) is 65.1 Å². The molecule has 1 aliphatic heterocycles. The molecule has 0 atom stereocenters. The molecule has 9 heteroatoms. The normalized spacial score (nSPS) is 13.6. The number of amides is 1. The Morgan fingerprint density at radius 1 is 1.09 bits per heavy atom. The second kappa shape index (κ2) is 9.46. The molecule has 0 spiro atoms. The maximum Gasteiger partial charge on any atom is 0.293 e. The number of aromatic nitrogens is 1. The number of carbonyl (C=O) groups is 1. The van der Waals surface area contributed by atoms with E-state index < -0.39 is 10.8 Å². The lowest BCUT2D eigenvalue weighted by atomic mass is 10.1. The molecule has 35 heavy (non-hydrogen) atoms. The summed E-state index contributed by atoms with van der Waals surface area (Å²) in [6.07, 6.45) is 3.13. The van der Waals surface area contributed by atoms with Gasteiger partial charge in [-0.15, -0.1) is 0 Å². The van der Waals surface area contributed by atoms with Crippen molar-refractivity contribution in [1.82, 2.24) is 4.98 Å². The van der Waals surface area contributed by atoms with Crippen LogP contribution in [0.25, 0.3) is 22.6 Å². The van der Waals surface area contributed by atoms with Crippen molar-refractivity contribution < 1.29 is 18.9 Å². The van der Waals surface area contributed by atoms with Crippen molar-refractivity contribution in [2.75, 3.05) is 30.4 Å². The summed E-state index contributed by atoms with van der Waals surface area (Å²) in [5, 5.41) is 14.5. The zero-order chi connectivity index (χ0) is 24.4. The molecule has 4 aromatic rings. The highest BCUT2D eigenvalue weighted by atomic mass is 16.6. The number of hydrogen-bond donors (Lipinski definition) is 1. The Kier molecular flexibility index (Phi) is 6.05. The monoisotopic (exact) mass is 472 g/mol. The number of carbonyl (C=O) groups excluding carboxylic acids is 1. The van der Waals surface area contributed by atoms with Crippen LogP contribution in [0.2, 0.25) is 0 Å². The lowest BCUT2D eigenvalue weighted by molar-refractivity contribution is -0.384. The number of hydrogen-bond acceptors (Lipinski definition) is 7. The van der Waals surface area contributed by atoms with E-state index in [1.54, 1.807) is 37.4 Å². The molecule has 0 bridgehead atoms. The molecule has 1 saturated heterocycles. The summed E-state index contributed by atoms with van der Waals surface area (Å²) in [4.78, 5) is 30.7. The van der Waals surface area contributed by atoms with Crippen LogP contribution in [0.1, 0.15) is 29.6 Å². The van der Waals surface area contributed by atoms with Crippen LogP contribution in [-0.2, 0) is 0 Å². The number of anilines is 2. The van der Waals surface area contributed by atoms with Crippen molar-refractivity contribution in [1.29, 1.82) is 0 Å². The number of nitrogens with zero attached hydrogens (tertiary/aromatic N) is 3. The Morgan fingerprint density at radius 2 is 1.91 bits per heavy atom. The first-order chi connectivity index (χ1) is 17.0. The van der Waals surface area contributed by atoms with Crippen LogP contribution in [0.4, 0.5) is 17.1 Å². The average molecular weight is 473 g/mol. The van der Waals surface area contributed by atoms with E-state index in [0.717, 1.165) is 37.9 Å². The van der Waals surface area contributed by atoms with Crippen LogP contribution >= 0.6 is 0 Å². The summed E-state index contributed by atoms with van der Waals surface area (Å²) >= 11 is 0. The fraction of sp³-hybridized carbons (Fsp3) is 0.231. The van der Waals surface area contributed by atoms with Crippen molar-refractivity contribution in [2.24, 2.45) is 0 Å². The molecule has 3 aromatic carbocycles. The van der Waals surface area contributed by atoms with E-state index in [1.165, 1.54) is 6.07 Å². The molecule has 0 aliphatic carbocycles. The number of methoxy groups -OCH3 is 1. The van der Waals surface area contributed by atoms with E-state index in [9.17, 15) is 14.9 Å². The number of oxazole rings is 1. The molecular weight excluding hydrogens is 448 g/mol. The summed E-state index contributed by atoms with van der Waals surface area (Å²) in [5.41, 5.74) is 3.14. The van der Waals surface area contributed by atoms with E-state index in [4.69, 9.17) is 9.15 Å². The highest BCUT2D eigenvalue weighted by Crippen LogP contribution is 2.32. The summed E-state index contributed by atoms with van der Waals surface area (Å²) in [6, 6.07) is 17.2. The van der Waals surface area contributed by atoms with Gasteiger partial charge in [0, 0.05) is 36.0 Å². The minimum absolute atomic E-state index is 0.0607. The van der Waals surface area contributed by atoms with Gasteiger partial charge in [0.2, 0.25) is 5.89 Å². The second-order valence-electron chi connectivity index (χ2n) is 8.40. The minimum atomic E-state index is -0.436. The Balaban J connectivity index is 1.38. The maximum atomic E-state index is 12.9. The van der Waals surface area contributed by atoms with Crippen LogP contribution in [0.5, 0.6) is 5.75 Å². The smallest absolute Gasteiger partial charge is 0.293 e. The van der Waals surface area contributed by atoms with E-state index in [1.807, 2.05) is 29.2 Å². The fourth-order valence-corrected chi connectivity index (χ4v) is 4.30. The van der Waals surface area contributed by atoms with Gasteiger partial charge < -0.3 is 19.4 Å². The van der Waals surface area contributed by atoms with Gasteiger partial charge in [0.25, 0.3) is 11.6 Å². The van der Waals surface area contributed by atoms with Gasteiger partial charge >= 0.3 is 0 Å². The molecule has 1 aromatic heterocycles. The molecule has 1 N–H and O–H groups in total. The van der Waals surface area contributed by atoms with Gasteiger partial charge in [-0.1, -0.05) is 6.07 Å². The maximum absolute atomic E-state index is 12.9. The molecule has 2 heterocycles. The lowest BCUT2D eigenvalue weighted by Gasteiger charge is -2.28. The van der Waals surface area contributed by atoms with Crippen LogP contribution in [0, 0.1) is 10.1 Å². The number of nitro benzene ring substituents is 1.